The van der Waals surface area contributed by atoms with Gasteiger partial charge in [-0.05, 0) is 50.3 Å². The summed E-state index contributed by atoms with van der Waals surface area (Å²) in [5.74, 6) is 3.21. The minimum atomic E-state index is -0.0702. The summed E-state index contributed by atoms with van der Waals surface area (Å²) >= 11 is 0. The highest BCUT2D eigenvalue weighted by atomic mass is 16.5. The average molecular weight is 368 g/mol. The van der Waals surface area contributed by atoms with E-state index in [1.165, 1.54) is 6.42 Å². The molecule has 5 heteroatoms. The number of ether oxygens (including phenoxy) is 1. The van der Waals surface area contributed by atoms with Crippen molar-refractivity contribution < 1.29 is 13.9 Å². The molecule has 144 valence electrons. The number of carbonyl (C=O) groups excluding carboxylic acids is 1. The van der Waals surface area contributed by atoms with Gasteiger partial charge in [0.1, 0.15) is 11.5 Å². The predicted octanol–water partition coefficient (Wildman–Crippen LogP) is 5.14. The van der Waals surface area contributed by atoms with Crippen LogP contribution in [0.5, 0.6) is 0 Å². The van der Waals surface area contributed by atoms with Crippen LogP contribution in [0.25, 0.3) is 0 Å². The van der Waals surface area contributed by atoms with E-state index in [2.05, 4.69) is 18.3 Å². The van der Waals surface area contributed by atoms with Crippen molar-refractivity contribution in [2.24, 2.45) is 5.92 Å². The first kappa shape index (κ1) is 18.1. The zero-order valence-electron chi connectivity index (χ0n) is 16.1. The molecule has 2 aromatic rings. The molecular formula is C22H28N2O3. The summed E-state index contributed by atoms with van der Waals surface area (Å²) in [6.07, 6.45) is 3.32. The molecule has 2 unspecified atom stereocenters. The molecule has 1 heterocycles. The first-order valence-electron chi connectivity index (χ1n) is 9.97. The Labute approximate surface area is 160 Å². The number of nitrogens with one attached hydrogen (secondary N) is 1. The molecular weight excluding hydrogens is 340 g/mol. The second kappa shape index (κ2) is 7.77. The molecule has 0 radical (unpaired) electrons. The second-order valence-electron chi connectivity index (χ2n) is 7.71. The van der Waals surface area contributed by atoms with Gasteiger partial charge in [-0.15, -0.1) is 0 Å². The molecule has 2 amide bonds. The number of carbonyl (C=O) groups is 1. The van der Waals surface area contributed by atoms with Crippen molar-refractivity contribution in [3.8, 4) is 0 Å². The molecule has 5 nitrogen and oxygen atoms in total. The van der Waals surface area contributed by atoms with Gasteiger partial charge < -0.3 is 19.4 Å². The Balaban J connectivity index is 1.43. The largest absolute Gasteiger partial charge is 0.464 e. The molecule has 2 fully saturated rings. The Morgan fingerprint density at radius 2 is 2.04 bits per heavy atom. The Kier molecular flexibility index (Phi) is 5.21. The van der Waals surface area contributed by atoms with Gasteiger partial charge in [0, 0.05) is 29.8 Å². The number of urea groups is 1. The third kappa shape index (κ3) is 4.35. The van der Waals surface area contributed by atoms with E-state index in [0.717, 1.165) is 35.6 Å². The molecule has 2 atom stereocenters. The molecule has 0 saturated heterocycles. The van der Waals surface area contributed by atoms with Crippen LogP contribution in [0.4, 0.5) is 10.5 Å². The lowest BCUT2D eigenvalue weighted by molar-refractivity contribution is 0.134. The van der Waals surface area contributed by atoms with Crippen molar-refractivity contribution in [3.63, 3.8) is 0 Å². The zero-order chi connectivity index (χ0) is 18.8. The minimum Gasteiger partial charge on any atom is -0.464 e. The maximum absolute atomic E-state index is 13.0. The van der Waals surface area contributed by atoms with Crippen LogP contribution in [0.1, 0.15) is 56.1 Å². The summed E-state index contributed by atoms with van der Waals surface area (Å²) in [7, 11) is 0. The summed E-state index contributed by atoms with van der Waals surface area (Å²) in [4.78, 5) is 14.9. The molecule has 0 bridgehead atoms. The number of benzene rings is 1. The number of hydrogen-bond donors (Lipinski definition) is 1. The van der Waals surface area contributed by atoms with Gasteiger partial charge in [0.15, 0.2) is 0 Å². The van der Waals surface area contributed by atoms with Gasteiger partial charge in [0.05, 0.1) is 13.2 Å². The van der Waals surface area contributed by atoms with Crippen LogP contribution in [-0.2, 0) is 17.9 Å². The number of furan rings is 1. The second-order valence-corrected chi connectivity index (χ2v) is 7.71. The summed E-state index contributed by atoms with van der Waals surface area (Å²) < 4.78 is 11.5. The van der Waals surface area contributed by atoms with Gasteiger partial charge in [-0.25, -0.2) is 4.79 Å². The van der Waals surface area contributed by atoms with E-state index < -0.39 is 0 Å². The molecule has 4 rings (SSSR count). The standard InChI is InChI=1S/C22H28N2O3/c1-3-26-14-16-6-4-5-7-20(16)23-22(25)24(17-8-9-17)13-18-10-11-21(27-18)19-12-15(19)2/h4-7,10-11,15,17,19H,3,8-9,12-14H2,1-2H3,(H,23,25). The molecule has 1 aromatic carbocycles. The van der Waals surface area contributed by atoms with Crippen LogP contribution >= 0.6 is 0 Å². The van der Waals surface area contributed by atoms with Crippen LogP contribution in [0.3, 0.4) is 0 Å². The van der Waals surface area contributed by atoms with Crippen molar-refractivity contribution in [2.75, 3.05) is 11.9 Å². The Morgan fingerprint density at radius 3 is 2.74 bits per heavy atom. The van der Waals surface area contributed by atoms with Crippen molar-refractivity contribution in [2.45, 2.75) is 58.2 Å². The molecule has 2 aliphatic rings. The fourth-order valence-electron chi connectivity index (χ4n) is 3.49. The quantitative estimate of drug-likeness (QED) is 0.702. The lowest BCUT2D eigenvalue weighted by Gasteiger charge is -2.22. The average Bonchev–Trinajstić information content (AvgIpc) is 3.59. The normalized spacial score (nSPS) is 21.1. The molecule has 2 saturated carbocycles. The number of anilines is 1. The summed E-state index contributed by atoms with van der Waals surface area (Å²) in [5, 5.41) is 3.08. The maximum Gasteiger partial charge on any atom is 0.322 e. The molecule has 2 aliphatic carbocycles. The lowest BCUT2D eigenvalue weighted by Crippen LogP contribution is -2.36. The molecule has 27 heavy (non-hydrogen) atoms. The van der Waals surface area contributed by atoms with Crippen molar-refractivity contribution in [1.82, 2.24) is 4.90 Å². The van der Waals surface area contributed by atoms with Gasteiger partial charge in [0.25, 0.3) is 0 Å². The summed E-state index contributed by atoms with van der Waals surface area (Å²) in [6, 6.07) is 12.1. The van der Waals surface area contributed by atoms with Crippen molar-refractivity contribution in [1.29, 1.82) is 0 Å². The van der Waals surface area contributed by atoms with E-state index in [1.54, 1.807) is 0 Å². The highest BCUT2D eigenvalue weighted by molar-refractivity contribution is 5.90. The van der Waals surface area contributed by atoms with E-state index in [-0.39, 0.29) is 6.03 Å². The Hall–Kier alpha value is -2.27. The topological polar surface area (TPSA) is 54.7 Å². The lowest BCUT2D eigenvalue weighted by atomic mass is 10.2. The third-order valence-corrected chi connectivity index (χ3v) is 5.45. The van der Waals surface area contributed by atoms with Gasteiger partial charge in [-0.1, -0.05) is 25.1 Å². The molecule has 1 N–H and O–H groups in total. The first-order chi connectivity index (χ1) is 13.2. The Bertz CT molecular complexity index is 796. The fourth-order valence-corrected chi connectivity index (χ4v) is 3.49. The van der Waals surface area contributed by atoms with Gasteiger partial charge >= 0.3 is 6.03 Å². The van der Waals surface area contributed by atoms with Crippen molar-refractivity contribution in [3.05, 3.63) is 53.5 Å². The van der Waals surface area contributed by atoms with Crippen LogP contribution in [-0.4, -0.2) is 23.6 Å². The van der Waals surface area contributed by atoms with E-state index in [1.807, 2.05) is 42.2 Å². The van der Waals surface area contributed by atoms with E-state index in [9.17, 15) is 4.79 Å². The van der Waals surface area contributed by atoms with E-state index in [4.69, 9.17) is 9.15 Å². The third-order valence-electron chi connectivity index (χ3n) is 5.45. The van der Waals surface area contributed by atoms with Gasteiger partial charge in [-0.3, -0.25) is 0 Å². The molecule has 0 spiro atoms. The fraction of sp³-hybridized carbons (Fsp3) is 0.500. The SMILES string of the molecule is CCOCc1ccccc1NC(=O)N(Cc1ccc(C2CC2C)o1)C1CC1. The van der Waals surface area contributed by atoms with E-state index >= 15 is 0 Å². The van der Waals surface area contributed by atoms with Crippen LogP contribution in [0, 0.1) is 5.92 Å². The molecule has 0 aliphatic heterocycles. The smallest absolute Gasteiger partial charge is 0.322 e. The summed E-state index contributed by atoms with van der Waals surface area (Å²) in [6.45, 7) is 5.88. The molecule has 1 aromatic heterocycles. The summed E-state index contributed by atoms with van der Waals surface area (Å²) in [5.41, 5.74) is 1.81. The van der Waals surface area contributed by atoms with Crippen LogP contribution < -0.4 is 5.32 Å². The predicted molar refractivity (Wildman–Crippen MR) is 105 cm³/mol. The number of rotatable bonds is 8. The zero-order valence-corrected chi connectivity index (χ0v) is 16.1. The highest BCUT2D eigenvalue weighted by Gasteiger charge is 2.37. The first-order valence-corrected chi connectivity index (χ1v) is 9.97. The maximum atomic E-state index is 13.0. The number of para-hydroxylation sites is 1. The Morgan fingerprint density at radius 1 is 1.26 bits per heavy atom. The van der Waals surface area contributed by atoms with Gasteiger partial charge in [-0.2, -0.15) is 0 Å². The monoisotopic (exact) mass is 368 g/mol. The minimum absolute atomic E-state index is 0.0702. The van der Waals surface area contributed by atoms with Crippen LogP contribution in [0.2, 0.25) is 0 Å². The van der Waals surface area contributed by atoms with E-state index in [0.29, 0.717) is 37.6 Å². The number of hydrogen-bond acceptors (Lipinski definition) is 3. The van der Waals surface area contributed by atoms with Crippen LogP contribution in [0.15, 0.2) is 40.8 Å². The number of amides is 2. The number of nitrogens with zero attached hydrogens (tertiary/aromatic N) is 1. The highest BCUT2D eigenvalue weighted by Crippen LogP contribution is 2.47. The van der Waals surface area contributed by atoms with Crippen molar-refractivity contribution >= 4 is 11.7 Å². The van der Waals surface area contributed by atoms with Gasteiger partial charge in [0.2, 0.25) is 0 Å².